The van der Waals surface area contributed by atoms with Crippen LogP contribution in [0.2, 0.25) is 5.02 Å². The third kappa shape index (κ3) is 5.76. The fourth-order valence-corrected chi connectivity index (χ4v) is 2.58. The number of nitrogens with zero attached hydrogens (tertiary/aromatic N) is 1. The molecule has 0 radical (unpaired) electrons. The highest BCUT2D eigenvalue weighted by Crippen LogP contribution is 2.34. The van der Waals surface area contributed by atoms with Crippen LogP contribution >= 0.6 is 27.5 Å². The number of esters is 1. The average molecular weight is 427 g/mol. The van der Waals surface area contributed by atoms with E-state index in [9.17, 15) is 4.79 Å². The molecule has 25 heavy (non-hydrogen) atoms. The van der Waals surface area contributed by atoms with Gasteiger partial charge in [-0.15, -0.1) is 0 Å². The summed E-state index contributed by atoms with van der Waals surface area (Å²) in [6.45, 7) is 1.82. The Morgan fingerprint density at radius 3 is 2.64 bits per heavy atom. The lowest BCUT2D eigenvalue weighted by Crippen LogP contribution is -2.15. The summed E-state index contributed by atoms with van der Waals surface area (Å²) in [5.74, 6) is 0.445. The molecule has 0 saturated heterocycles. The number of carbonyl (C=O) groups excluding carboxylic acids is 1. The quantitative estimate of drug-likeness (QED) is 0.471. The molecule has 0 spiro atoms. The van der Waals surface area contributed by atoms with E-state index in [1.807, 2.05) is 6.07 Å². The Kier molecular flexibility index (Phi) is 7.28. The number of carbonyl (C=O) groups is 1. The number of hydrogen-bond acceptors (Lipinski definition) is 5. The summed E-state index contributed by atoms with van der Waals surface area (Å²) in [5, 5.41) is 0.640. The minimum atomic E-state index is -0.451. The molecule has 0 bridgehead atoms. The maximum atomic E-state index is 11.6. The number of halogens is 2. The SMILES string of the molecule is CCOC(=O)COc1c(C=Nc2ccc(Cl)cc2)cc(Br)cc1OC. The largest absolute Gasteiger partial charge is 0.493 e. The molecular weight excluding hydrogens is 410 g/mol. The Morgan fingerprint density at radius 2 is 2.00 bits per heavy atom. The van der Waals surface area contributed by atoms with E-state index in [2.05, 4.69) is 20.9 Å². The van der Waals surface area contributed by atoms with Crippen LogP contribution in [-0.2, 0) is 9.53 Å². The van der Waals surface area contributed by atoms with Gasteiger partial charge in [-0.1, -0.05) is 27.5 Å². The number of aliphatic imine (C=N–C) groups is 1. The monoisotopic (exact) mass is 425 g/mol. The van der Waals surface area contributed by atoms with Gasteiger partial charge in [0.1, 0.15) is 0 Å². The Balaban J connectivity index is 2.29. The Labute approximate surface area is 159 Å². The molecule has 2 rings (SSSR count). The van der Waals surface area contributed by atoms with Crippen LogP contribution < -0.4 is 9.47 Å². The van der Waals surface area contributed by atoms with Gasteiger partial charge < -0.3 is 14.2 Å². The molecule has 0 aliphatic rings. The van der Waals surface area contributed by atoms with Crippen molar-refractivity contribution in [2.45, 2.75) is 6.92 Å². The summed E-state index contributed by atoms with van der Waals surface area (Å²) >= 11 is 9.29. The van der Waals surface area contributed by atoms with Gasteiger partial charge in [-0.3, -0.25) is 4.99 Å². The lowest BCUT2D eigenvalue weighted by molar-refractivity contribution is -0.145. The molecule has 2 aromatic rings. The van der Waals surface area contributed by atoms with Crippen LogP contribution in [0.25, 0.3) is 0 Å². The third-order valence-electron chi connectivity index (χ3n) is 3.09. The van der Waals surface area contributed by atoms with Gasteiger partial charge in [0.15, 0.2) is 18.1 Å². The average Bonchev–Trinajstić information content (AvgIpc) is 2.60. The first-order valence-corrected chi connectivity index (χ1v) is 8.66. The van der Waals surface area contributed by atoms with Crippen molar-refractivity contribution in [1.82, 2.24) is 0 Å². The molecule has 2 aromatic carbocycles. The Bertz CT molecular complexity index is 762. The number of ether oxygens (including phenoxy) is 3. The molecule has 0 aromatic heterocycles. The van der Waals surface area contributed by atoms with E-state index in [0.717, 1.165) is 10.2 Å². The zero-order valence-corrected chi connectivity index (χ0v) is 16.1. The van der Waals surface area contributed by atoms with Crippen molar-refractivity contribution in [3.05, 3.63) is 51.5 Å². The number of methoxy groups -OCH3 is 1. The fraction of sp³-hybridized carbons (Fsp3) is 0.222. The predicted molar refractivity (Wildman–Crippen MR) is 102 cm³/mol. The van der Waals surface area contributed by atoms with Crippen molar-refractivity contribution in [1.29, 1.82) is 0 Å². The van der Waals surface area contributed by atoms with Gasteiger partial charge in [-0.2, -0.15) is 0 Å². The first-order valence-electron chi connectivity index (χ1n) is 7.49. The number of rotatable bonds is 7. The van der Waals surface area contributed by atoms with Gasteiger partial charge >= 0.3 is 5.97 Å². The second-order valence-corrected chi connectivity index (χ2v) is 6.21. The molecule has 0 aliphatic carbocycles. The molecule has 7 heteroatoms. The van der Waals surface area contributed by atoms with Crippen molar-refractivity contribution >= 4 is 45.4 Å². The normalized spacial score (nSPS) is 10.7. The molecule has 132 valence electrons. The standard InChI is InChI=1S/C18H17BrClNO4/c1-3-24-17(22)11-25-18-12(8-13(19)9-16(18)23-2)10-21-15-6-4-14(20)5-7-15/h4-10H,3,11H2,1-2H3. The second-order valence-electron chi connectivity index (χ2n) is 4.85. The van der Waals surface area contributed by atoms with Crippen molar-refractivity contribution in [3.8, 4) is 11.5 Å². The van der Waals surface area contributed by atoms with Crippen LogP contribution in [0, 0.1) is 0 Å². The number of benzene rings is 2. The van der Waals surface area contributed by atoms with E-state index in [4.69, 9.17) is 25.8 Å². The Hall–Kier alpha value is -2.05. The fourth-order valence-electron chi connectivity index (χ4n) is 2.00. The van der Waals surface area contributed by atoms with Crippen molar-refractivity contribution in [3.63, 3.8) is 0 Å². The zero-order valence-electron chi connectivity index (χ0n) is 13.8. The van der Waals surface area contributed by atoms with Crippen LogP contribution in [0.5, 0.6) is 11.5 Å². The highest BCUT2D eigenvalue weighted by molar-refractivity contribution is 9.10. The summed E-state index contributed by atoms with van der Waals surface area (Å²) < 4.78 is 16.6. The summed E-state index contributed by atoms with van der Waals surface area (Å²) in [7, 11) is 1.53. The second kappa shape index (κ2) is 9.44. The van der Waals surface area contributed by atoms with Crippen molar-refractivity contribution in [2.75, 3.05) is 20.3 Å². The lowest BCUT2D eigenvalue weighted by atomic mass is 10.2. The van der Waals surface area contributed by atoms with Crippen LogP contribution in [0.15, 0.2) is 45.9 Å². The summed E-state index contributed by atoms with van der Waals surface area (Å²) in [4.78, 5) is 16.0. The van der Waals surface area contributed by atoms with Gasteiger partial charge in [0.2, 0.25) is 0 Å². The summed E-state index contributed by atoms with van der Waals surface area (Å²) in [6, 6.07) is 10.7. The maximum absolute atomic E-state index is 11.6. The van der Waals surface area contributed by atoms with Crippen LogP contribution in [0.3, 0.4) is 0 Å². The number of hydrogen-bond donors (Lipinski definition) is 0. The van der Waals surface area contributed by atoms with Crippen LogP contribution in [0.4, 0.5) is 5.69 Å². The highest BCUT2D eigenvalue weighted by Gasteiger charge is 2.14. The molecule has 5 nitrogen and oxygen atoms in total. The van der Waals surface area contributed by atoms with Crippen molar-refractivity contribution < 1.29 is 19.0 Å². The first kappa shape index (κ1) is 19.3. The minimum absolute atomic E-state index is 0.215. The summed E-state index contributed by atoms with van der Waals surface area (Å²) in [6.07, 6.45) is 1.64. The van der Waals surface area contributed by atoms with Gasteiger partial charge in [0.25, 0.3) is 0 Å². The van der Waals surface area contributed by atoms with Crippen LogP contribution in [-0.4, -0.2) is 32.5 Å². The van der Waals surface area contributed by atoms with E-state index >= 15 is 0 Å². The van der Waals surface area contributed by atoms with E-state index in [1.54, 1.807) is 43.5 Å². The van der Waals surface area contributed by atoms with Crippen LogP contribution in [0.1, 0.15) is 12.5 Å². The van der Waals surface area contributed by atoms with E-state index < -0.39 is 5.97 Å². The topological polar surface area (TPSA) is 57.1 Å². The molecule has 0 atom stereocenters. The smallest absolute Gasteiger partial charge is 0.344 e. The van der Waals surface area contributed by atoms with Gasteiger partial charge in [-0.05, 0) is 43.3 Å². The van der Waals surface area contributed by atoms with E-state index in [0.29, 0.717) is 28.7 Å². The van der Waals surface area contributed by atoms with Gasteiger partial charge in [0, 0.05) is 21.3 Å². The molecule has 0 amide bonds. The molecule has 0 saturated carbocycles. The lowest BCUT2D eigenvalue weighted by Gasteiger charge is -2.13. The highest BCUT2D eigenvalue weighted by atomic mass is 79.9. The maximum Gasteiger partial charge on any atom is 0.344 e. The minimum Gasteiger partial charge on any atom is -0.493 e. The predicted octanol–water partition coefficient (Wildman–Crippen LogP) is 4.80. The molecule has 0 aliphatic heterocycles. The molecule has 0 unspecified atom stereocenters. The third-order valence-corrected chi connectivity index (χ3v) is 3.80. The van der Waals surface area contributed by atoms with Gasteiger partial charge in [0.05, 0.1) is 19.4 Å². The molecule has 0 fully saturated rings. The van der Waals surface area contributed by atoms with Gasteiger partial charge in [-0.25, -0.2) is 4.79 Å². The van der Waals surface area contributed by atoms with E-state index in [-0.39, 0.29) is 6.61 Å². The first-order chi connectivity index (χ1) is 12.0. The molecular formula is C18H17BrClNO4. The van der Waals surface area contributed by atoms with E-state index in [1.165, 1.54) is 7.11 Å². The molecule has 0 N–H and O–H groups in total. The van der Waals surface area contributed by atoms with Crippen molar-refractivity contribution in [2.24, 2.45) is 4.99 Å². The Morgan fingerprint density at radius 1 is 1.28 bits per heavy atom. The zero-order chi connectivity index (χ0) is 18.2. The molecule has 0 heterocycles. The summed E-state index contributed by atoms with van der Waals surface area (Å²) in [5.41, 5.74) is 1.39.